The van der Waals surface area contributed by atoms with Crippen molar-refractivity contribution in [3.8, 4) is 0 Å². The zero-order valence-electron chi connectivity index (χ0n) is 6.49. The summed E-state index contributed by atoms with van der Waals surface area (Å²) < 4.78 is 0. The van der Waals surface area contributed by atoms with Crippen LogP contribution in [-0.2, 0) is 4.79 Å². The topological polar surface area (TPSA) is 46.3 Å². The monoisotopic (exact) mass is 174 g/mol. The number of thiol groups is 1. The molecule has 3 nitrogen and oxygen atoms in total. The fourth-order valence-electron chi connectivity index (χ4n) is 1.25. The van der Waals surface area contributed by atoms with E-state index in [2.05, 4.69) is 12.6 Å². The smallest absolute Gasteiger partial charge is 0.223 e. The van der Waals surface area contributed by atoms with Gasteiger partial charge in [-0.15, -0.1) is 0 Å². The molecular formula is C7H14N2OS. The molecule has 0 bridgehead atoms. The third kappa shape index (κ3) is 2.38. The minimum atomic E-state index is 0.221. The largest absolute Gasteiger partial charge is 0.342 e. The molecule has 1 saturated heterocycles. The van der Waals surface area contributed by atoms with Crippen LogP contribution in [0.3, 0.4) is 0 Å². The van der Waals surface area contributed by atoms with Gasteiger partial charge in [0.25, 0.3) is 0 Å². The standard InChI is InChI=1S/C7H14N2OS/c8-2-1-3-9-5-6(11)4-7(9)10/h6,11H,1-5,8H2. The predicted molar refractivity (Wildman–Crippen MR) is 47.6 cm³/mol. The fraction of sp³-hybridized carbons (Fsp3) is 0.857. The molecule has 1 fully saturated rings. The number of rotatable bonds is 3. The van der Waals surface area contributed by atoms with Gasteiger partial charge in [-0.1, -0.05) is 0 Å². The van der Waals surface area contributed by atoms with E-state index in [1.807, 2.05) is 4.90 Å². The van der Waals surface area contributed by atoms with Crippen LogP contribution >= 0.6 is 12.6 Å². The minimum Gasteiger partial charge on any atom is -0.342 e. The summed E-state index contributed by atoms with van der Waals surface area (Å²) in [4.78, 5) is 13.0. The number of hydrogen-bond donors (Lipinski definition) is 2. The van der Waals surface area contributed by atoms with Crippen molar-refractivity contribution in [2.45, 2.75) is 18.1 Å². The normalized spacial score (nSPS) is 24.7. The molecule has 1 rings (SSSR count). The van der Waals surface area contributed by atoms with Gasteiger partial charge in [0.05, 0.1) is 0 Å². The summed E-state index contributed by atoms with van der Waals surface area (Å²) in [5, 5.41) is 0.236. The van der Waals surface area contributed by atoms with Crippen LogP contribution in [0.1, 0.15) is 12.8 Å². The zero-order chi connectivity index (χ0) is 8.27. The maximum Gasteiger partial charge on any atom is 0.223 e. The summed E-state index contributed by atoms with van der Waals surface area (Å²) in [6, 6.07) is 0. The lowest BCUT2D eigenvalue weighted by Gasteiger charge is -2.14. The van der Waals surface area contributed by atoms with Crippen LogP contribution < -0.4 is 5.73 Å². The molecule has 0 aliphatic carbocycles. The molecule has 0 radical (unpaired) electrons. The van der Waals surface area contributed by atoms with Gasteiger partial charge >= 0.3 is 0 Å². The fourth-order valence-corrected chi connectivity index (χ4v) is 1.60. The molecule has 0 spiro atoms. The van der Waals surface area contributed by atoms with Gasteiger partial charge < -0.3 is 10.6 Å². The summed E-state index contributed by atoms with van der Waals surface area (Å²) >= 11 is 4.24. The van der Waals surface area contributed by atoms with E-state index in [-0.39, 0.29) is 11.2 Å². The molecule has 0 aromatic heterocycles. The van der Waals surface area contributed by atoms with Crippen LogP contribution in [0.25, 0.3) is 0 Å². The first-order valence-electron chi connectivity index (χ1n) is 3.90. The van der Waals surface area contributed by atoms with Crippen LogP contribution in [-0.4, -0.2) is 35.7 Å². The summed E-state index contributed by atoms with van der Waals surface area (Å²) in [5.41, 5.74) is 5.33. The maximum absolute atomic E-state index is 11.1. The first-order valence-corrected chi connectivity index (χ1v) is 4.41. The van der Waals surface area contributed by atoms with Crippen molar-refractivity contribution in [3.63, 3.8) is 0 Å². The Bertz CT molecular complexity index is 151. The van der Waals surface area contributed by atoms with Gasteiger partial charge in [0.1, 0.15) is 0 Å². The lowest BCUT2D eigenvalue weighted by molar-refractivity contribution is -0.127. The molecule has 1 unspecified atom stereocenters. The number of carbonyl (C=O) groups excluding carboxylic acids is 1. The molecule has 1 aliphatic rings. The summed E-state index contributed by atoms with van der Waals surface area (Å²) in [6.45, 7) is 2.25. The molecule has 2 N–H and O–H groups in total. The van der Waals surface area contributed by atoms with Crippen molar-refractivity contribution in [3.05, 3.63) is 0 Å². The Balaban J connectivity index is 2.29. The minimum absolute atomic E-state index is 0.221. The van der Waals surface area contributed by atoms with Crippen molar-refractivity contribution < 1.29 is 4.79 Å². The molecule has 1 aliphatic heterocycles. The number of carbonyl (C=O) groups is 1. The molecule has 1 atom stereocenters. The lowest BCUT2D eigenvalue weighted by Crippen LogP contribution is -2.27. The van der Waals surface area contributed by atoms with E-state index in [0.717, 1.165) is 19.5 Å². The molecule has 0 aromatic carbocycles. The van der Waals surface area contributed by atoms with E-state index < -0.39 is 0 Å². The Morgan fingerprint density at radius 1 is 1.73 bits per heavy atom. The second kappa shape index (κ2) is 3.97. The Kier molecular flexibility index (Phi) is 3.20. The van der Waals surface area contributed by atoms with Gasteiger partial charge in [-0.05, 0) is 13.0 Å². The maximum atomic E-state index is 11.1. The summed E-state index contributed by atoms with van der Waals surface area (Å²) in [5.74, 6) is 0.221. The lowest BCUT2D eigenvalue weighted by atomic mass is 10.4. The van der Waals surface area contributed by atoms with Gasteiger partial charge in [-0.2, -0.15) is 12.6 Å². The third-order valence-corrected chi connectivity index (χ3v) is 2.17. The summed E-state index contributed by atoms with van der Waals surface area (Å²) in [6.07, 6.45) is 1.49. The molecular weight excluding hydrogens is 160 g/mol. The molecule has 1 amide bonds. The Morgan fingerprint density at radius 2 is 2.45 bits per heavy atom. The Labute approximate surface area is 72.3 Å². The van der Waals surface area contributed by atoms with Crippen LogP contribution in [0.4, 0.5) is 0 Å². The highest BCUT2D eigenvalue weighted by Gasteiger charge is 2.25. The second-order valence-corrected chi connectivity index (χ2v) is 3.57. The van der Waals surface area contributed by atoms with E-state index in [0.29, 0.717) is 13.0 Å². The molecule has 0 saturated carbocycles. The molecule has 1 heterocycles. The van der Waals surface area contributed by atoms with Crippen LogP contribution in [0.15, 0.2) is 0 Å². The zero-order valence-corrected chi connectivity index (χ0v) is 7.39. The highest BCUT2D eigenvalue weighted by Crippen LogP contribution is 2.15. The van der Waals surface area contributed by atoms with Crippen molar-refractivity contribution in [1.29, 1.82) is 0 Å². The van der Waals surface area contributed by atoms with Crippen molar-refractivity contribution in [2.24, 2.45) is 5.73 Å². The molecule has 64 valence electrons. The third-order valence-electron chi connectivity index (χ3n) is 1.83. The van der Waals surface area contributed by atoms with Crippen molar-refractivity contribution >= 4 is 18.5 Å². The number of amides is 1. The van der Waals surface area contributed by atoms with Crippen molar-refractivity contribution in [2.75, 3.05) is 19.6 Å². The SMILES string of the molecule is NCCCN1CC(S)CC1=O. The first-order chi connectivity index (χ1) is 5.24. The van der Waals surface area contributed by atoms with Gasteiger partial charge in [0, 0.05) is 24.8 Å². The number of nitrogens with two attached hydrogens (primary N) is 1. The van der Waals surface area contributed by atoms with Gasteiger partial charge in [0.2, 0.25) is 5.91 Å². The van der Waals surface area contributed by atoms with E-state index in [1.54, 1.807) is 0 Å². The van der Waals surface area contributed by atoms with Crippen LogP contribution in [0.5, 0.6) is 0 Å². The quantitative estimate of drug-likeness (QED) is 0.585. The average molecular weight is 174 g/mol. The molecule has 11 heavy (non-hydrogen) atoms. The van der Waals surface area contributed by atoms with Crippen LogP contribution in [0, 0.1) is 0 Å². The average Bonchev–Trinajstić information content (AvgIpc) is 2.26. The molecule has 0 aromatic rings. The number of nitrogens with zero attached hydrogens (tertiary/aromatic N) is 1. The Morgan fingerprint density at radius 3 is 2.91 bits per heavy atom. The second-order valence-electron chi connectivity index (χ2n) is 2.84. The van der Waals surface area contributed by atoms with Crippen LogP contribution in [0.2, 0.25) is 0 Å². The first kappa shape index (κ1) is 8.87. The van der Waals surface area contributed by atoms with E-state index >= 15 is 0 Å². The van der Waals surface area contributed by atoms with E-state index in [4.69, 9.17) is 5.73 Å². The predicted octanol–water partition coefficient (Wildman–Crippen LogP) is -0.134. The highest BCUT2D eigenvalue weighted by molar-refractivity contribution is 7.81. The highest BCUT2D eigenvalue weighted by atomic mass is 32.1. The van der Waals surface area contributed by atoms with Gasteiger partial charge in [-0.25, -0.2) is 0 Å². The number of likely N-dealkylation sites (tertiary alicyclic amines) is 1. The Hall–Kier alpha value is -0.220. The van der Waals surface area contributed by atoms with E-state index in [1.165, 1.54) is 0 Å². The van der Waals surface area contributed by atoms with E-state index in [9.17, 15) is 4.79 Å². The number of hydrogen-bond acceptors (Lipinski definition) is 3. The van der Waals surface area contributed by atoms with Crippen molar-refractivity contribution in [1.82, 2.24) is 4.90 Å². The molecule has 4 heteroatoms. The van der Waals surface area contributed by atoms with Gasteiger partial charge in [-0.3, -0.25) is 4.79 Å². The summed E-state index contributed by atoms with van der Waals surface area (Å²) in [7, 11) is 0. The van der Waals surface area contributed by atoms with Gasteiger partial charge in [0.15, 0.2) is 0 Å².